The Morgan fingerprint density at radius 3 is 2.27 bits per heavy atom. The summed E-state index contributed by atoms with van der Waals surface area (Å²) in [7, 11) is 0. The average Bonchev–Trinajstić information content (AvgIpc) is 1.80. The largest absolute Gasteiger partial charge is 0.383 e. The van der Waals surface area contributed by atoms with E-state index in [1.165, 1.54) is 13.8 Å². The third-order valence-electron chi connectivity index (χ3n) is 1.35. The van der Waals surface area contributed by atoms with Crippen LogP contribution in [-0.2, 0) is 4.79 Å². The average molecular weight is 159 g/mol. The first kappa shape index (κ1) is 10.6. The Morgan fingerprint density at radius 1 is 1.55 bits per heavy atom. The summed E-state index contributed by atoms with van der Waals surface area (Å²) >= 11 is 0. The number of nitrogens with one attached hydrogen (secondary N) is 1. The maximum Gasteiger partial charge on any atom is 0.177 e. The minimum absolute atomic E-state index is 0.175. The minimum Gasteiger partial charge on any atom is -0.383 e. The van der Waals surface area contributed by atoms with Gasteiger partial charge in [-0.25, -0.2) is 0 Å². The Hall–Kier alpha value is -0.410. The Labute approximate surface area is 67.8 Å². The number of ketones is 1. The van der Waals surface area contributed by atoms with Crippen molar-refractivity contribution in [2.24, 2.45) is 0 Å². The van der Waals surface area contributed by atoms with Gasteiger partial charge in [-0.05, 0) is 13.8 Å². The smallest absolute Gasteiger partial charge is 0.177 e. The summed E-state index contributed by atoms with van der Waals surface area (Å²) in [5.41, 5.74) is -1.21. The molecule has 0 aromatic rings. The van der Waals surface area contributed by atoms with Crippen molar-refractivity contribution in [2.75, 3.05) is 6.54 Å². The maximum absolute atomic E-state index is 11.1. The number of hydrogen-bond acceptors (Lipinski definition) is 3. The van der Waals surface area contributed by atoms with Crippen LogP contribution in [0.1, 0.15) is 27.7 Å². The van der Waals surface area contributed by atoms with Gasteiger partial charge in [0, 0.05) is 6.04 Å². The molecule has 0 unspecified atom stereocenters. The Bertz CT molecular complexity index is 136. The van der Waals surface area contributed by atoms with Crippen molar-refractivity contribution >= 4 is 5.78 Å². The Kier molecular flexibility index (Phi) is 3.69. The first-order valence-corrected chi connectivity index (χ1v) is 3.83. The Balaban J connectivity index is 3.71. The van der Waals surface area contributed by atoms with E-state index >= 15 is 0 Å². The summed E-state index contributed by atoms with van der Waals surface area (Å²) in [5.74, 6) is -0.175. The fourth-order valence-corrected chi connectivity index (χ4v) is 0.513. The van der Waals surface area contributed by atoms with Gasteiger partial charge in [-0.1, -0.05) is 13.8 Å². The molecule has 0 rings (SSSR count). The van der Waals surface area contributed by atoms with Crippen LogP contribution in [0.15, 0.2) is 0 Å². The molecule has 0 saturated heterocycles. The molecule has 0 aromatic carbocycles. The van der Waals surface area contributed by atoms with Gasteiger partial charge in [-0.3, -0.25) is 4.79 Å². The number of hydrogen-bond donors (Lipinski definition) is 2. The fourth-order valence-electron chi connectivity index (χ4n) is 0.513. The van der Waals surface area contributed by atoms with Crippen molar-refractivity contribution in [1.29, 1.82) is 0 Å². The van der Waals surface area contributed by atoms with Gasteiger partial charge in [0.15, 0.2) is 5.78 Å². The van der Waals surface area contributed by atoms with Crippen LogP contribution in [0.4, 0.5) is 0 Å². The lowest BCUT2D eigenvalue weighted by Crippen LogP contribution is -2.40. The summed E-state index contributed by atoms with van der Waals surface area (Å²) in [6.45, 7) is 7.14. The Morgan fingerprint density at radius 2 is 2.00 bits per heavy atom. The van der Waals surface area contributed by atoms with Crippen LogP contribution in [0.2, 0.25) is 0 Å². The highest BCUT2D eigenvalue weighted by atomic mass is 16.3. The normalized spacial score (nSPS) is 12.2. The second-order valence-corrected chi connectivity index (χ2v) is 3.52. The standard InChI is InChI=1S/C8H17NO2/c1-6(2)9-5-7(10)8(3,4)11/h6,9,11H,5H2,1-4H3. The third kappa shape index (κ3) is 4.93. The summed E-state index contributed by atoms with van der Waals surface area (Å²) < 4.78 is 0. The lowest BCUT2D eigenvalue weighted by molar-refractivity contribution is -0.133. The number of carbonyl (C=O) groups is 1. The van der Waals surface area contributed by atoms with Gasteiger partial charge in [0.05, 0.1) is 6.54 Å². The van der Waals surface area contributed by atoms with Gasteiger partial charge in [-0.15, -0.1) is 0 Å². The number of Topliss-reactive ketones (excluding diaryl/α,β-unsaturated/α-hetero) is 1. The molecule has 3 nitrogen and oxygen atoms in total. The van der Waals surface area contributed by atoms with E-state index < -0.39 is 5.60 Å². The van der Waals surface area contributed by atoms with Gasteiger partial charge in [0.2, 0.25) is 0 Å². The van der Waals surface area contributed by atoms with Crippen LogP contribution in [0.25, 0.3) is 0 Å². The van der Waals surface area contributed by atoms with Gasteiger partial charge < -0.3 is 10.4 Å². The van der Waals surface area contributed by atoms with E-state index in [0.29, 0.717) is 0 Å². The van der Waals surface area contributed by atoms with Crippen molar-refractivity contribution in [3.63, 3.8) is 0 Å². The topological polar surface area (TPSA) is 49.3 Å². The second-order valence-electron chi connectivity index (χ2n) is 3.52. The van der Waals surface area contributed by atoms with E-state index in [-0.39, 0.29) is 18.4 Å². The summed E-state index contributed by atoms with van der Waals surface area (Å²) in [4.78, 5) is 11.1. The zero-order valence-corrected chi connectivity index (χ0v) is 7.64. The molecule has 66 valence electrons. The number of aliphatic hydroxyl groups is 1. The molecule has 2 N–H and O–H groups in total. The highest BCUT2D eigenvalue weighted by molar-refractivity contribution is 5.87. The van der Waals surface area contributed by atoms with Gasteiger partial charge in [-0.2, -0.15) is 0 Å². The molecule has 0 amide bonds. The fraction of sp³-hybridized carbons (Fsp3) is 0.875. The van der Waals surface area contributed by atoms with Crippen LogP contribution in [-0.4, -0.2) is 29.1 Å². The lowest BCUT2D eigenvalue weighted by Gasteiger charge is -2.16. The van der Waals surface area contributed by atoms with E-state index in [1.54, 1.807) is 0 Å². The summed E-state index contributed by atoms with van der Waals surface area (Å²) in [6.07, 6.45) is 0. The van der Waals surface area contributed by atoms with E-state index in [4.69, 9.17) is 0 Å². The number of rotatable bonds is 4. The van der Waals surface area contributed by atoms with Gasteiger partial charge >= 0.3 is 0 Å². The molecule has 11 heavy (non-hydrogen) atoms. The highest BCUT2D eigenvalue weighted by Gasteiger charge is 2.22. The van der Waals surface area contributed by atoms with Crippen LogP contribution in [0.5, 0.6) is 0 Å². The van der Waals surface area contributed by atoms with Crippen molar-refractivity contribution in [2.45, 2.75) is 39.3 Å². The zero-order chi connectivity index (χ0) is 9.07. The van der Waals surface area contributed by atoms with Crippen molar-refractivity contribution < 1.29 is 9.90 Å². The molecule has 0 radical (unpaired) electrons. The van der Waals surface area contributed by atoms with E-state index in [2.05, 4.69) is 5.32 Å². The molecule has 3 heteroatoms. The van der Waals surface area contributed by atoms with E-state index in [1.807, 2.05) is 13.8 Å². The second kappa shape index (κ2) is 3.83. The highest BCUT2D eigenvalue weighted by Crippen LogP contribution is 2.01. The first-order chi connectivity index (χ1) is 4.84. The predicted octanol–water partition coefficient (Wildman–Crippen LogP) is 0.324. The van der Waals surface area contributed by atoms with Crippen LogP contribution >= 0.6 is 0 Å². The molecule has 0 bridgehead atoms. The van der Waals surface area contributed by atoms with E-state index in [0.717, 1.165) is 0 Å². The van der Waals surface area contributed by atoms with Gasteiger partial charge in [0.1, 0.15) is 5.60 Å². The molecular formula is C8H17NO2. The molecular weight excluding hydrogens is 142 g/mol. The molecule has 0 fully saturated rings. The zero-order valence-electron chi connectivity index (χ0n) is 7.64. The van der Waals surface area contributed by atoms with Crippen molar-refractivity contribution in [3.05, 3.63) is 0 Å². The van der Waals surface area contributed by atoms with Crippen LogP contribution in [0, 0.1) is 0 Å². The van der Waals surface area contributed by atoms with Crippen molar-refractivity contribution in [3.8, 4) is 0 Å². The molecule has 0 atom stereocenters. The molecule has 0 aliphatic rings. The lowest BCUT2D eigenvalue weighted by atomic mass is 10.0. The predicted molar refractivity (Wildman–Crippen MR) is 44.4 cm³/mol. The van der Waals surface area contributed by atoms with Crippen LogP contribution in [0.3, 0.4) is 0 Å². The molecule has 0 aromatic heterocycles. The summed E-state index contributed by atoms with van der Waals surface area (Å²) in [6, 6.07) is 0.279. The molecule has 0 heterocycles. The van der Waals surface area contributed by atoms with E-state index in [9.17, 15) is 9.90 Å². The first-order valence-electron chi connectivity index (χ1n) is 3.83. The molecule has 0 spiro atoms. The molecule has 0 aliphatic carbocycles. The molecule has 0 aliphatic heterocycles. The SMILES string of the molecule is CC(C)NCC(=O)C(C)(C)O. The van der Waals surface area contributed by atoms with Gasteiger partial charge in [0.25, 0.3) is 0 Å². The molecule has 0 saturated carbocycles. The number of carbonyl (C=O) groups excluding carboxylic acids is 1. The summed E-state index contributed by atoms with van der Waals surface area (Å²) in [5, 5.41) is 12.2. The minimum atomic E-state index is -1.21. The quantitative estimate of drug-likeness (QED) is 0.621. The monoisotopic (exact) mass is 159 g/mol. The maximum atomic E-state index is 11.1. The van der Waals surface area contributed by atoms with Crippen molar-refractivity contribution in [1.82, 2.24) is 5.32 Å². The third-order valence-corrected chi connectivity index (χ3v) is 1.35. The van der Waals surface area contributed by atoms with Crippen LogP contribution < -0.4 is 5.32 Å².